The summed E-state index contributed by atoms with van der Waals surface area (Å²) in [7, 11) is -5.66. The molecule has 0 saturated heterocycles. The van der Waals surface area contributed by atoms with E-state index < -0.39 is 30.5 Å². The topological polar surface area (TPSA) is 86.6 Å². The molecule has 2 aromatic rings. The average Bonchev–Trinajstić information content (AvgIpc) is 2.48. The van der Waals surface area contributed by atoms with Crippen molar-refractivity contribution in [1.29, 1.82) is 0 Å². The number of benzene rings is 2. The van der Waals surface area contributed by atoms with E-state index in [1.807, 2.05) is 0 Å². The molecule has 0 aliphatic rings. The normalized spacial score (nSPS) is 12.0. The highest BCUT2D eigenvalue weighted by molar-refractivity contribution is 7.52. The minimum Gasteiger partial charge on any atom is -0.322 e. The number of carbonyl (C=O) groups excluding carboxylic acids is 1. The Morgan fingerprint density at radius 1 is 1.00 bits per heavy atom. The number of nitrogens with one attached hydrogen (secondary N) is 1. The summed E-state index contributed by atoms with van der Waals surface area (Å²) < 4.78 is 50.5. The van der Waals surface area contributed by atoms with E-state index in [0.29, 0.717) is 5.69 Å². The van der Waals surface area contributed by atoms with E-state index in [0.717, 1.165) is 36.4 Å². The molecule has 0 aliphatic carbocycles. The summed E-state index contributed by atoms with van der Waals surface area (Å²) in [6, 6.07) is 8.47. The van der Waals surface area contributed by atoms with Gasteiger partial charge in [0, 0.05) is 16.8 Å². The van der Waals surface area contributed by atoms with Crippen molar-refractivity contribution in [2.75, 3.05) is 5.32 Å². The van der Waals surface area contributed by atoms with Crippen molar-refractivity contribution in [3.8, 4) is 0 Å². The van der Waals surface area contributed by atoms with Crippen molar-refractivity contribution >= 4 is 19.2 Å². The number of carbonyl (C=O) groups is 1. The molecule has 0 atom stereocenters. The van der Waals surface area contributed by atoms with Crippen molar-refractivity contribution < 1.29 is 32.3 Å². The number of alkyl halides is 2. The van der Waals surface area contributed by atoms with Crippen molar-refractivity contribution in [1.82, 2.24) is 0 Å². The molecule has 122 valence electrons. The molecule has 2 aromatic carbocycles. The Labute approximate surface area is 128 Å². The summed E-state index contributed by atoms with van der Waals surface area (Å²) in [5.41, 5.74) is -4.93. The molecule has 0 bridgehead atoms. The van der Waals surface area contributed by atoms with Crippen LogP contribution in [0.4, 0.5) is 18.9 Å². The van der Waals surface area contributed by atoms with Crippen LogP contribution in [0.25, 0.3) is 0 Å². The molecular formula is C14H11F3NO4P. The van der Waals surface area contributed by atoms with Crippen LogP contribution in [0.1, 0.15) is 15.9 Å². The highest BCUT2D eigenvalue weighted by Crippen LogP contribution is 2.59. The lowest BCUT2D eigenvalue weighted by molar-refractivity contribution is 0.0564. The number of amides is 1. The molecule has 23 heavy (non-hydrogen) atoms. The zero-order valence-corrected chi connectivity index (χ0v) is 12.3. The van der Waals surface area contributed by atoms with Gasteiger partial charge in [0.1, 0.15) is 5.82 Å². The predicted octanol–water partition coefficient (Wildman–Crippen LogP) is 3.31. The summed E-state index contributed by atoms with van der Waals surface area (Å²) in [6.45, 7) is 0. The third-order valence-electron chi connectivity index (χ3n) is 2.96. The van der Waals surface area contributed by atoms with Crippen molar-refractivity contribution in [2.24, 2.45) is 0 Å². The third kappa shape index (κ3) is 3.79. The van der Waals surface area contributed by atoms with Gasteiger partial charge in [-0.15, -0.1) is 0 Å². The first-order valence-electron chi connectivity index (χ1n) is 6.22. The second-order valence-corrected chi connectivity index (χ2v) is 6.27. The first-order valence-corrected chi connectivity index (χ1v) is 7.83. The van der Waals surface area contributed by atoms with Gasteiger partial charge in [0.15, 0.2) is 0 Å². The molecule has 0 unspecified atom stereocenters. The van der Waals surface area contributed by atoms with Gasteiger partial charge >= 0.3 is 13.3 Å². The molecule has 0 radical (unpaired) electrons. The number of hydrogen-bond donors (Lipinski definition) is 3. The maximum atomic E-state index is 13.5. The molecular weight excluding hydrogens is 334 g/mol. The van der Waals surface area contributed by atoms with Gasteiger partial charge in [-0.25, -0.2) is 4.39 Å². The fourth-order valence-electron chi connectivity index (χ4n) is 1.73. The molecule has 0 aromatic heterocycles. The fraction of sp³-hybridized carbons (Fsp3) is 0.0714. The van der Waals surface area contributed by atoms with E-state index >= 15 is 0 Å². The molecule has 1 amide bonds. The van der Waals surface area contributed by atoms with Gasteiger partial charge < -0.3 is 15.1 Å². The Morgan fingerprint density at radius 3 is 2.00 bits per heavy atom. The molecule has 2 rings (SSSR count). The Morgan fingerprint density at radius 2 is 1.52 bits per heavy atom. The molecule has 0 saturated carbocycles. The lowest BCUT2D eigenvalue weighted by atomic mass is 10.1. The predicted molar refractivity (Wildman–Crippen MR) is 76.7 cm³/mol. The van der Waals surface area contributed by atoms with Gasteiger partial charge in [-0.05, 0) is 36.4 Å². The highest BCUT2D eigenvalue weighted by Gasteiger charge is 2.50. The summed E-state index contributed by atoms with van der Waals surface area (Å²) in [6.07, 6.45) is 0. The van der Waals surface area contributed by atoms with Crippen LogP contribution in [0.15, 0.2) is 48.5 Å². The quantitative estimate of drug-likeness (QED) is 0.742. The fourth-order valence-corrected chi connectivity index (χ4v) is 2.21. The Kier molecular flexibility index (Phi) is 4.61. The van der Waals surface area contributed by atoms with Crippen LogP contribution in [-0.2, 0) is 10.2 Å². The zero-order chi connectivity index (χ0) is 17.3. The van der Waals surface area contributed by atoms with Gasteiger partial charge in [0.2, 0.25) is 0 Å². The van der Waals surface area contributed by atoms with E-state index in [1.54, 1.807) is 0 Å². The smallest absolute Gasteiger partial charge is 0.322 e. The standard InChI is InChI=1S/C14H11F3NO4P/c15-11-5-7-12(8-6-11)18-13(19)9-1-3-10(4-2-9)14(16,17)23(20,21)22/h1-8H,(H,18,19)(H2,20,21,22). The first kappa shape index (κ1) is 17.2. The minimum atomic E-state index is -5.66. The second kappa shape index (κ2) is 6.16. The summed E-state index contributed by atoms with van der Waals surface area (Å²) in [5.74, 6) is -1.12. The lowest BCUT2D eigenvalue weighted by Gasteiger charge is -2.18. The van der Waals surface area contributed by atoms with Crippen LogP contribution >= 0.6 is 7.60 Å². The van der Waals surface area contributed by atoms with E-state index in [2.05, 4.69) is 5.32 Å². The molecule has 5 nitrogen and oxygen atoms in total. The van der Waals surface area contributed by atoms with Gasteiger partial charge in [0.05, 0.1) is 0 Å². The van der Waals surface area contributed by atoms with Gasteiger partial charge in [-0.3, -0.25) is 9.36 Å². The van der Waals surface area contributed by atoms with Gasteiger partial charge in [-0.2, -0.15) is 8.78 Å². The SMILES string of the molecule is O=C(Nc1ccc(F)cc1)c1ccc(C(F)(F)P(=O)(O)O)cc1. The maximum absolute atomic E-state index is 13.5. The Hall–Kier alpha value is -2.15. The van der Waals surface area contributed by atoms with Crippen LogP contribution in [0.3, 0.4) is 0 Å². The first-order chi connectivity index (χ1) is 10.6. The third-order valence-corrected chi connectivity index (χ3v) is 3.95. The van der Waals surface area contributed by atoms with E-state index in [-0.39, 0.29) is 5.56 Å². The van der Waals surface area contributed by atoms with Crippen molar-refractivity contribution in [2.45, 2.75) is 5.66 Å². The van der Waals surface area contributed by atoms with Gasteiger partial charge in [-0.1, -0.05) is 12.1 Å². The molecule has 0 aliphatic heterocycles. The minimum absolute atomic E-state index is 0.000382. The van der Waals surface area contributed by atoms with E-state index in [4.69, 9.17) is 9.79 Å². The maximum Gasteiger partial charge on any atom is 0.399 e. The number of anilines is 1. The van der Waals surface area contributed by atoms with E-state index in [1.165, 1.54) is 12.1 Å². The highest BCUT2D eigenvalue weighted by atomic mass is 31.2. The van der Waals surface area contributed by atoms with Crippen LogP contribution in [0, 0.1) is 5.82 Å². The molecule has 0 heterocycles. The molecule has 0 fully saturated rings. The van der Waals surface area contributed by atoms with Crippen molar-refractivity contribution in [3.63, 3.8) is 0 Å². The van der Waals surface area contributed by atoms with E-state index in [9.17, 15) is 22.5 Å². The summed E-state index contributed by atoms with van der Waals surface area (Å²) in [5, 5.41) is 2.43. The van der Waals surface area contributed by atoms with Crippen LogP contribution in [0.5, 0.6) is 0 Å². The monoisotopic (exact) mass is 345 g/mol. The summed E-state index contributed by atoms with van der Waals surface area (Å²) in [4.78, 5) is 29.2. The summed E-state index contributed by atoms with van der Waals surface area (Å²) >= 11 is 0. The van der Waals surface area contributed by atoms with Crippen LogP contribution in [-0.4, -0.2) is 15.7 Å². The number of hydrogen-bond acceptors (Lipinski definition) is 2. The van der Waals surface area contributed by atoms with Crippen molar-refractivity contribution in [3.05, 3.63) is 65.5 Å². The molecule has 3 N–H and O–H groups in total. The molecule has 9 heteroatoms. The Bertz CT molecular complexity index is 757. The number of rotatable bonds is 4. The Balaban J connectivity index is 2.18. The van der Waals surface area contributed by atoms with Crippen LogP contribution < -0.4 is 5.32 Å². The lowest BCUT2D eigenvalue weighted by Crippen LogP contribution is -2.15. The average molecular weight is 345 g/mol. The van der Waals surface area contributed by atoms with Gasteiger partial charge in [0.25, 0.3) is 5.91 Å². The zero-order valence-electron chi connectivity index (χ0n) is 11.4. The molecule has 0 spiro atoms. The number of halogens is 3. The largest absolute Gasteiger partial charge is 0.399 e. The second-order valence-electron chi connectivity index (χ2n) is 4.62. The van der Waals surface area contributed by atoms with Crippen LogP contribution in [0.2, 0.25) is 0 Å².